The van der Waals surface area contributed by atoms with Gasteiger partial charge in [0, 0.05) is 23.7 Å². The van der Waals surface area contributed by atoms with Gasteiger partial charge in [0.25, 0.3) is 0 Å². The minimum Gasteiger partial charge on any atom is -0.455 e. The predicted octanol–water partition coefficient (Wildman–Crippen LogP) is 5.28. The summed E-state index contributed by atoms with van der Waals surface area (Å²) in [5.41, 5.74) is 1.14. The fraction of sp³-hybridized carbons (Fsp3) is 0.0909. The topological polar surface area (TPSA) is 79.5 Å². The third-order valence-corrected chi connectivity index (χ3v) is 4.09. The average Bonchev–Trinajstić information content (AvgIpc) is 2.71. The van der Waals surface area contributed by atoms with Gasteiger partial charge in [0.1, 0.15) is 5.75 Å². The Bertz CT molecular complexity index is 966. The smallest absolute Gasteiger partial charge is 0.319 e. The van der Waals surface area contributed by atoms with Gasteiger partial charge in [0.05, 0.1) is 5.69 Å². The Morgan fingerprint density at radius 1 is 0.862 bits per heavy atom. The predicted molar refractivity (Wildman–Crippen MR) is 115 cm³/mol. The van der Waals surface area contributed by atoms with E-state index in [1.807, 2.05) is 48.5 Å². The Hall–Kier alpha value is -3.51. The monoisotopic (exact) mass is 409 g/mol. The van der Waals surface area contributed by atoms with Crippen molar-refractivity contribution in [1.29, 1.82) is 0 Å². The maximum Gasteiger partial charge on any atom is 0.319 e. The molecule has 3 aromatic carbocycles. The van der Waals surface area contributed by atoms with Crippen LogP contribution in [0.2, 0.25) is 5.02 Å². The molecule has 0 aliphatic carbocycles. The Labute approximate surface area is 173 Å². The first-order valence-corrected chi connectivity index (χ1v) is 9.40. The third kappa shape index (κ3) is 6.55. The van der Waals surface area contributed by atoms with Crippen LogP contribution in [0.25, 0.3) is 0 Å². The molecule has 3 aromatic rings. The number of urea groups is 1. The summed E-state index contributed by atoms with van der Waals surface area (Å²) in [5.74, 6) is 0.846. The first kappa shape index (κ1) is 20.2. The summed E-state index contributed by atoms with van der Waals surface area (Å²) < 4.78 is 5.82. The number of para-hydroxylation sites is 2. The van der Waals surface area contributed by atoms with Crippen molar-refractivity contribution in [2.45, 2.75) is 6.42 Å². The van der Waals surface area contributed by atoms with Crippen LogP contribution in [0.5, 0.6) is 11.5 Å². The van der Waals surface area contributed by atoms with Crippen LogP contribution in [0.4, 0.5) is 16.2 Å². The van der Waals surface area contributed by atoms with E-state index in [0.29, 0.717) is 27.9 Å². The summed E-state index contributed by atoms with van der Waals surface area (Å²) in [6, 6.07) is 22.9. The van der Waals surface area contributed by atoms with Gasteiger partial charge < -0.3 is 20.7 Å². The summed E-state index contributed by atoms with van der Waals surface area (Å²) in [5, 5.41) is 8.58. The van der Waals surface area contributed by atoms with Crippen LogP contribution in [0.15, 0.2) is 78.9 Å². The number of ether oxygens (including phenoxy) is 1. The lowest BCUT2D eigenvalue weighted by Crippen LogP contribution is -2.31. The standard InChI is InChI=1S/C22H20ClN3O3/c23-16-11-12-20(29-18-9-5-2-6-10-18)19(15-16)26-21(27)13-14-24-22(28)25-17-7-3-1-4-8-17/h1-12,15H,13-14H2,(H,26,27)(H2,24,25,28). The molecule has 0 spiro atoms. The molecule has 7 heteroatoms. The first-order valence-electron chi connectivity index (χ1n) is 9.02. The molecular weight excluding hydrogens is 390 g/mol. The molecule has 0 aliphatic heterocycles. The van der Waals surface area contributed by atoms with Crippen molar-refractivity contribution in [2.24, 2.45) is 0 Å². The largest absolute Gasteiger partial charge is 0.455 e. The normalized spacial score (nSPS) is 10.1. The lowest BCUT2D eigenvalue weighted by molar-refractivity contribution is -0.116. The Balaban J connectivity index is 1.52. The SMILES string of the molecule is O=C(CCNC(=O)Nc1ccccc1)Nc1cc(Cl)ccc1Oc1ccccc1. The number of carbonyl (C=O) groups excluding carboxylic acids is 2. The summed E-state index contributed by atoms with van der Waals surface area (Å²) >= 11 is 6.05. The van der Waals surface area contributed by atoms with Crippen molar-refractivity contribution in [3.8, 4) is 11.5 Å². The zero-order chi connectivity index (χ0) is 20.5. The molecule has 0 saturated carbocycles. The van der Waals surface area contributed by atoms with E-state index in [2.05, 4.69) is 16.0 Å². The van der Waals surface area contributed by atoms with Gasteiger partial charge in [-0.1, -0.05) is 48.0 Å². The van der Waals surface area contributed by atoms with Crippen LogP contribution in [0, 0.1) is 0 Å². The Kier molecular flexibility index (Phi) is 7.08. The van der Waals surface area contributed by atoms with Gasteiger partial charge in [-0.3, -0.25) is 4.79 Å². The zero-order valence-corrected chi connectivity index (χ0v) is 16.3. The quantitative estimate of drug-likeness (QED) is 0.496. The minimum absolute atomic E-state index is 0.0967. The molecule has 0 atom stereocenters. The highest BCUT2D eigenvalue weighted by Gasteiger charge is 2.11. The van der Waals surface area contributed by atoms with Crippen molar-refractivity contribution in [3.63, 3.8) is 0 Å². The fourth-order valence-electron chi connectivity index (χ4n) is 2.50. The molecule has 0 unspecified atom stereocenters. The molecular formula is C22H20ClN3O3. The second-order valence-electron chi connectivity index (χ2n) is 6.10. The summed E-state index contributed by atoms with van der Waals surface area (Å²) in [6.07, 6.45) is 0.0967. The van der Waals surface area contributed by atoms with E-state index in [-0.39, 0.29) is 24.9 Å². The van der Waals surface area contributed by atoms with Crippen LogP contribution in [-0.4, -0.2) is 18.5 Å². The van der Waals surface area contributed by atoms with Crippen molar-refractivity contribution >= 4 is 34.9 Å². The van der Waals surface area contributed by atoms with Crippen molar-refractivity contribution in [3.05, 3.63) is 83.9 Å². The summed E-state index contributed by atoms with van der Waals surface area (Å²) in [6.45, 7) is 0.180. The highest BCUT2D eigenvalue weighted by atomic mass is 35.5. The molecule has 29 heavy (non-hydrogen) atoms. The molecule has 3 amide bonds. The van der Waals surface area contributed by atoms with Gasteiger partial charge in [-0.25, -0.2) is 4.79 Å². The Morgan fingerprint density at radius 3 is 2.28 bits per heavy atom. The first-order chi connectivity index (χ1) is 14.1. The molecule has 0 bridgehead atoms. The highest BCUT2D eigenvalue weighted by Crippen LogP contribution is 2.32. The number of rotatable bonds is 7. The van der Waals surface area contributed by atoms with E-state index in [1.54, 1.807) is 30.3 Å². The van der Waals surface area contributed by atoms with Crippen LogP contribution < -0.4 is 20.7 Å². The molecule has 0 aliphatic rings. The minimum atomic E-state index is -0.375. The van der Waals surface area contributed by atoms with E-state index in [4.69, 9.17) is 16.3 Å². The third-order valence-electron chi connectivity index (χ3n) is 3.86. The maximum absolute atomic E-state index is 12.3. The molecule has 0 saturated heterocycles. The molecule has 0 fully saturated rings. The van der Waals surface area contributed by atoms with E-state index in [1.165, 1.54) is 0 Å². The number of carbonyl (C=O) groups is 2. The molecule has 0 aromatic heterocycles. The van der Waals surface area contributed by atoms with E-state index >= 15 is 0 Å². The van der Waals surface area contributed by atoms with Crippen molar-refractivity contribution in [2.75, 3.05) is 17.2 Å². The molecule has 6 nitrogen and oxygen atoms in total. The number of hydrogen-bond acceptors (Lipinski definition) is 3. The van der Waals surface area contributed by atoms with Gasteiger partial charge in [0.2, 0.25) is 5.91 Å². The molecule has 0 radical (unpaired) electrons. The zero-order valence-electron chi connectivity index (χ0n) is 15.5. The number of amides is 3. The number of nitrogens with one attached hydrogen (secondary N) is 3. The van der Waals surface area contributed by atoms with Gasteiger partial charge in [-0.2, -0.15) is 0 Å². The summed E-state index contributed by atoms with van der Waals surface area (Å²) in [7, 11) is 0. The van der Waals surface area contributed by atoms with E-state index in [9.17, 15) is 9.59 Å². The van der Waals surface area contributed by atoms with Gasteiger partial charge in [-0.05, 0) is 42.5 Å². The molecule has 3 N–H and O–H groups in total. The lowest BCUT2D eigenvalue weighted by Gasteiger charge is -2.13. The van der Waals surface area contributed by atoms with Gasteiger partial charge in [0.15, 0.2) is 5.75 Å². The fourth-order valence-corrected chi connectivity index (χ4v) is 2.68. The number of anilines is 2. The average molecular weight is 410 g/mol. The van der Waals surface area contributed by atoms with Crippen LogP contribution in [-0.2, 0) is 4.79 Å². The van der Waals surface area contributed by atoms with Crippen molar-refractivity contribution < 1.29 is 14.3 Å². The molecule has 3 rings (SSSR count). The molecule has 148 valence electrons. The van der Waals surface area contributed by atoms with Gasteiger partial charge >= 0.3 is 6.03 Å². The highest BCUT2D eigenvalue weighted by molar-refractivity contribution is 6.31. The Morgan fingerprint density at radius 2 is 1.55 bits per heavy atom. The molecule has 0 heterocycles. The van der Waals surface area contributed by atoms with Crippen LogP contribution >= 0.6 is 11.6 Å². The van der Waals surface area contributed by atoms with E-state index < -0.39 is 0 Å². The second-order valence-corrected chi connectivity index (χ2v) is 6.54. The van der Waals surface area contributed by atoms with E-state index in [0.717, 1.165) is 0 Å². The van der Waals surface area contributed by atoms with Crippen LogP contribution in [0.1, 0.15) is 6.42 Å². The number of benzene rings is 3. The second kappa shape index (κ2) is 10.1. The van der Waals surface area contributed by atoms with Crippen molar-refractivity contribution in [1.82, 2.24) is 5.32 Å². The lowest BCUT2D eigenvalue weighted by atomic mass is 10.2. The summed E-state index contributed by atoms with van der Waals surface area (Å²) in [4.78, 5) is 24.1. The van der Waals surface area contributed by atoms with Gasteiger partial charge in [-0.15, -0.1) is 0 Å². The van der Waals surface area contributed by atoms with Crippen LogP contribution in [0.3, 0.4) is 0 Å². The number of hydrogen-bond donors (Lipinski definition) is 3. The number of halogens is 1. The maximum atomic E-state index is 12.3.